The number of hydrogen-bond acceptors (Lipinski definition) is 6. The van der Waals surface area contributed by atoms with Gasteiger partial charge < -0.3 is 9.80 Å². The highest BCUT2D eigenvalue weighted by Gasteiger charge is 2.28. The van der Waals surface area contributed by atoms with Crippen LogP contribution in [0.1, 0.15) is 42.9 Å². The molecule has 170 valence electrons. The summed E-state index contributed by atoms with van der Waals surface area (Å²) in [5.41, 5.74) is 4.84. The van der Waals surface area contributed by atoms with E-state index in [1.165, 1.54) is 5.56 Å². The minimum atomic E-state index is -0.804. The second kappa shape index (κ2) is 10.4. The standard InChI is InChI=1S/C26H29FN6/c1-3-22(27)14-20-4-6-23(7-5-20)33(25-18-29-11-8-19(25)2)24-9-12-32(13-10-24)26-30-16-21(15-28)17-31-26/h4-8,11,16-18,22,24H,3,9-10,12-14H2,1-2H3. The molecule has 0 aliphatic carbocycles. The number of pyridine rings is 1. The number of alkyl halides is 1. The highest BCUT2D eigenvalue weighted by Crippen LogP contribution is 2.34. The lowest BCUT2D eigenvalue weighted by Gasteiger charge is -2.40. The molecule has 1 unspecified atom stereocenters. The molecule has 3 aromatic rings. The van der Waals surface area contributed by atoms with E-state index in [-0.39, 0.29) is 6.04 Å². The number of nitriles is 1. The zero-order valence-corrected chi connectivity index (χ0v) is 19.2. The molecule has 1 saturated heterocycles. The average Bonchev–Trinajstić information content (AvgIpc) is 2.87. The van der Waals surface area contributed by atoms with Crippen LogP contribution in [-0.2, 0) is 6.42 Å². The van der Waals surface area contributed by atoms with Crippen molar-refractivity contribution in [1.82, 2.24) is 15.0 Å². The Kier molecular flexibility index (Phi) is 7.13. The third kappa shape index (κ3) is 5.28. The van der Waals surface area contributed by atoms with E-state index in [2.05, 4.69) is 49.9 Å². The van der Waals surface area contributed by atoms with Crippen molar-refractivity contribution in [2.24, 2.45) is 0 Å². The predicted molar refractivity (Wildman–Crippen MR) is 128 cm³/mol. The SMILES string of the molecule is CCC(F)Cc1ccc(N(c2cnccc2C)C2CCN(c3ncc(C#N)cn3)CC2)cc1. The minimum Gasteiger partial charge on any atom is -0.341 e. The second-order valence-electron chi connectivity index (χ2n) is 8.51. The molecule has 0 saturated carbocycles. The number of anilines is 3. The maximum absolute atomic E-state index is 13.9. The van der Waals surface area contributed by atoms with Crippen LogP contribution in [0.2, 0.25) is 0 Å². The monoisotopic (exact) mass is 444 g/mol. The fourth-order valence-electron chi connectivity index (χ4n) is 4.31. The summed E-state index contributed by atoms with van der Waals surface area (Å²) in [6.45, 7) is 5.63. The average molecular weight is 445 g/mol. The van der Waals surface area contributed by atoms with Gasteiger partial charge in [-0.2, -0.15) is 5.26 Å². The van der Waals surface area contributed by atoms with Gasteiger partial charge >= 0.3 is 0 Å². The van der Waals surface area contributed by atoms with Crippen LogP contribution in [-0.4, -0.2) is 40.3 Å². The Morgan fingerprint density at radius 1 is 1.12 bits per heavy atom. The van der Waals surface area contributed by atoms with Crippen molar-refractivity contribution in [2.75, 3.05) is 22.9 Å². The summed E-state index contributed by atoms with van der Waals surface area (Å²) in [7, 11) is 0. The largest absolute Gasteiger partial charge is 0.341 e. The molecule has 33 heavy (non-hydrogen) atoms. The number of halogens is 1. The number of hydrogen-bond donors (Lipinski definition) is 0. The second-order valence-corrected chi connectivity index (χ2v) is 8.51. The number of nitrogens with zero attached hydrogens (tertiary/aromatic N) is 6. The zero-order valence-electron chi connectivity index (χ0n) is 19.2. The van der Waals surface area contributed by atoms with Crippen molar-refractivity contribution in [3.8, 4) is 6.07 Å². The van der Waals surface area contributed by atoms with E-state index in [1.807, 2.05) is 37.5 Å². The molecule has 1 aliphatic rings. The van der Waals surface area contributed by atoms with E-state index in [9.17, 15) is 4.39 Å². The predicted octanol–water partition coefficient (Wildman–Crippen LogP) is 5.15. The first-order chi connectivity index (χ1) is 16.1. The van der Waals surface area contributed by atoms with Gasteiger partial charge in [0.05, 0.1) is 29.8 Å². The maximum atomic E-state index is 13.9. The Balaban J connectivity index is 1.55. The van der Waals surface area contributed by atoms with Gasteiger partial charge in [0.15, 0.2) is 0 Å². The van der Waals surface area contributed by atoms with Crippen LogP contribution in [0.15, 0.2) is 55.1 Å². The molecule has 0 N–H and O–H groups in total. The lowest BCUT2D eigenvalue weighted by Crippen LogP contribution is -2.44. The molecule has 1 atom stereocenters. The van der Waals surface area contributed by atoms with Crippen LogP contribution < -0.4 is 9.80 Å². The number of benzene rings is 1. The number of rotatable bonds is 7. The van der Waals surface area contributed by atoms with E-state index in [0.29, 0.717) is 24.4 Å². The highest BCUT2D eigenvalue weighted by molar-refractivity contribution is 5.66. The number of aryl methyl sites for hydroxylation is 1. The van der Waals surface area contributed by atoms with Crippen LogP contribution in [0.3, 0.4) is 0 Å². The Hall–Kier alpha value is -3.53. The summed E-state index contributed by atoms with van der Waals surface area (Å²) in [4.78, 5) is 17.6. The van der Waals surface area contributed by atoms with Crippen molar-refractivity contribution < 1.29 is 4.39 Å². The summed E-state index contributed by atoms with van der Waals surface area (Å²) < 4.78 is 13.9. The minimum absolute atomic E-state index is 0.290. The van der Waals surface area contributed by atoms with E-state index in [1.54, 1.807) is 12.4 Å². The molecule has 2 aromatic heterocycles. The summed E-state index contributed by atoms with van der Waals surface area (Å²) in [6, 6.07) is 12.7. The molecule has 1 fully saturated rings. The van der Waals surface area contributed by atoms with Crippen LogP contribution in [0, 0.1) is 18.3 Å². The number of piperidine rings is 1. The van der Waals surface area contributed by atoms with Crippen molar-refractivity contribution in [3.63, 3.8) is 0 Å². The molecule has 0 bridgehead atoms. The van der Waals surface area contributed by atoms with Crippen LogP contribution in [0.25, 0.3) is 0 Å². The first-order valence-corrected chi connectivity index (χ1v) is 11.5. The molecule has 1 aromatic carbocycles. The molecular weight excluding hydrogens is 415 g/mol. The first-order valence-electron chi connectivity index (χ1n) is 11.5. The van der Waals surface area contributed by atoms with E-state index >= 15 is 0 Å². The van der Waals surface area contributed by atoms with Crippen LogP contribution in [0.4, 0.5) is 21.7 Å². The Morgan fingerprint density at radius 2 is 1.82 bits per heavy atom. The maximum Gasteiger partial charge on any atom is 0.225 e. The van der Waals surface area contributed by atoms with Crippen molar-refractivity contribution in [2.45, 2.75) is 51.7 Å². The van der Waals surface area contributed by atoms with Crippen molar-refractivity contribution in [3.05, 3.63) is 71.8 Å². The van der Waals surface area contributed by atoms with Gasteiger partial charge in [-0.1, -0.05) is 19.1 Å². The Bertz CT molecular complexity index is 1090. The number of aromatic nitrogens is 3. The zero-order chi connectivity index (χ0) is 23.2. The molecule has 4 rings (SSSR count). The molecule has 6 nitrogen and oxygen atoms in total. The smallest absolute Gasteiger partial charge is 0.225 e. The van der Waals surface area contributed by atoms with E-state index in [0.717, 1.165) is 42.9 Å². The topological polar surface area (TPSA) is 68.9 Å². The molecule has 1 aliphatic heterocycles. The third-order valence-corrected chi connectivity index (χ3v) is 6.27. The lowest BCUT2D eigenvalue weighted by molar-refractivity contribution is 0.323. The Labute approximate surface area is 194 Å². The molecule has 3 heterocycles. The van der Waals surface area contributed by atoms with Gasteiger partial charge in [-0.05, 0) is 55.5 Å². The van der Waals surface area contributed by atoms with Gasteiger partial charge in [-0.15, -0.1) is 0 Å². The molecule has 0 spiro atoms. The fraction of sp³-hybridized carbons (Fsp3) is 0.385. The van der Waals surface area contributed by atoms with Crippen LogP contribution >= 0.6 is 0 Å². The van der Waals surface area contributed by atoms with Gasteiger partial charge in [-0.3, -0.25) is 4.98 Å². The van der Waals surface area contributed by atoms with Gasteiger partial charge in [0.2, 0.25) is 5.95 Å². The molecule has 7 heteroatoms. The first kappa shape index (κ1) is 22.7. The lowest BCUT2D eigenvalue weighted by atomic mass is 10.00. The summed E-state index contributed by atoms with van der Waals surface area (Å²) in [5.74, 6) is 0.664. The quantitative estimate of drug-likeness (QED) is 0.502. The molecule has 0 radical (unpaired) electrons. The third-order valence-electron chi connectivity index (χ3n) is 6.27. The normalized spacial score (nSPS) is 15.2. The summed E-state index contributed by atoms with van der Waals surface area (Å²) in [6.07, 6.45) is 8.93. The van der Waals surface area contributed by atoms with Gasteiger partial charge in [0.1, 0.15) is 12.2 Å². The van der Waals surface area contributed by atoms with Crippen molar-refractivity contribution >= 4 is 17.3 Å². The van der Waals surface area contributed by atoms with E-state index in [4.69, 9.17) is 5.26 Å². The highest BCUT2D eigenvalue weighted by atomic mass is 19.1. The van der Waals surface area contributed by atoms with Crippen LogP contribution in [0.5, 0.6) is 0 Å². The fourth-order valence-corrected chi connectivity index (χ4v) is 4.31. The molecular formula is C26H29FN6. The van der Waals surface area contributed by atoms with E-state index < -0.39 is 6.17 Å². The van der Waals surface area contributed by atoms with Gasteiger partial charge in [0.25, 0.3) is 0 Å². The summed E-state index contributed by atoms with van der Waals surface area (Å²) >= 11 is 0. The summed E-state index contributed by atoms with van der Waals surface area (Å²) in [5, 5.41) is 8.97. The van der Waals surface area contributed by atoms with Gasteiger partial charge in [0, 0.05) is 37.4 Å². The molecule has 0 amide bonds. The Morgan fingerprint density at radius 3 is 2.42 bits per heavy atom. The van der Waals surface area contributed by atoms with Crippen molar-refractivity contribution in [1.29, 1.82) is 5.26 Å². The van der Waals surface area contributed by atoms with Gasteiger partial charge in [-0.25, -0.2) is 14.4 Å².